The Hall–Kier alpha value is -3.92. The quantitative estimate of drug-likeness (QED) is 0.0193. The van der Waals surface area contributed by atoms with Gasteiger partial charge < -0.3 is 10.4 Å². The average Bonchev–Trinajstić information content (AvgIpc) is 2.99. The molecule has 4 rings (SSSR count). The van der Waals surface area contributed by atoms with Crippen molar-refractivity contribution in [2.45, 2.75) is 9.79 Å². The van der Waals surface area contributed by atoms with Crippen LogP contribution in [0.4, 0.5) is 29.0 Å². The lowest BCUT2D eigenvalue weighted by Gasteiger charge is -2.11. The molecular formula is C22H17ClN8O10S3. The molecule has 230 valence electrons. The fourth-order valence-electron chi connectivity index (χ4n) is 3.44. The number of anilines is 3. The van der Waals surface area contributed by atoms with Crippen molar-refractivity contribution in [3.63, 3.8) is 0 Å². The number of hydrogen-bond acceptors (Lipinski definition) is 20. The van der Waals surface area contributed by atoms with Gasteiger partial charge in [0.15, 0.2) is 34.1 Å². The third kappa shape index (κ3) is 8.81. The molecule has 4 aromatic rings. The fraction of sp³-hybridized carbons (Fsp3) is 0.0909. The third-order valence-corrected chi connectivity index (χ3v) is 8.10. The van der Waals surface area contributed by atoms with Crippen LogP contribution in [0.15, 0.2) is 68.6 Å². The second-order valence-corrected chi connectivity index (χ2v) is 11.6. The SMILES string of the molecule is N#CNc1nc(Cl)nc(Nc2ccc3c(O)c(N=Nc4ccc(S(=O)(=O)CCOSOOO)cc4)c(SOOO)cc3c2)n1. The summed E-state index contributed by atoms with van der Waals surface area (Å²) in [5.41, 5.74) is 0.677. The van der Waals surface area contributed by atoms with Gasteiger partial charge in [-0.2, -0.15) is 25.3 Å². The van der Waals surface area contributed by atoms with Crippen molar-refractivity contribution in [3.8, 4) is 11.9 Å². The Balaban J connectivity index is 1.57. The Kier molecular flexibility index (Phi) is 11.8. The number of benzene rings is 3. The molecule has 0 fully saturated rings. The van der Waals surface area contributed by atoms with Crippen molar-refractivity contribution in [2.24, 2.45) is 10.2 Å². The molecular weight excluding hydrogens is 668 g/mol. The van der Waals surface area contributed by atoms with Crippen molar-refractivity contribution in [1.82, 2.24) is 15.0 Å². The second kappa shape index (κ2) is 15.7. The van der Waals surface area contributed by atoms with Crippen LogP contribution in [-0.2, 0) is 32.8 Å². The summed E-state index contributed by atoms with van der Waals surface area (Å²) in [7, 11) is -3.72. The first kappa shape index (κ1) is 33.0. The largest absolute Gasteiger partial charge is 0.505 e. The van der Waals surface area contributed by atoms with Crippen LogP contribution in [0.3, 0.4) is 0 Å². The topological polar surface area (TPSA) is 252 Å². The normalized spacial score (nSPS) is 11.6. The Morgan fingerprint density at radius 1 is 1.00 bits per heavy atom. The summed E-state index contributed by atoms with van der Waals surface area (Å²) in [6, 6.07) is 11.8. The molecule has 0 spiro atoms. The minimum atomic E-state index is -3.72. The van der Waals surface area contributed by atoms with Crippen molar-refractivity contribution < 1.29 is 47.0 Å². The van der Waals surface area contributed by atoms with Gasteiger partial charge in [-0.25, -0.2) is 18.9 Å². The van der Waals surface area contributed by atoms with E-state index in [0.717, 1.165) is 0 Å². The Morgan fingerprint density at radius 3 is 2.48 bits per heavy atom. The molecule has 0 unspecified atom stereocenters. The predicted octanol–water partition coefficient (Wildman–Crippen LogP) is 5.64. The number of azo groups is 1. The van der Waals surface area contributed by atoms with Gasteiger partial charge in [0.05, 0.1) is 39.9 Å². The zero-order chi connectivity index (χ0) is 31.5. The van der Waals surface area contributed by atoms with Crippen molar-refractivity contribution in [3.05, 3.63) is 53.8 Å². The molecule has 0 amide bonds. The van der Waals surface area contributed by atoms with E-state index in [1.54, 1.807) is 30.5 Å². The number of phenols is 1. The van der Waals surface area contributed by atoms with E-state index in [-0.39, 0.29) is 68.8 Å². The number of sulfone groups is 1. The number of halogens is 1. The van der Waals surface area contributed by atoms with Crippen LogP contribution in [-0.4, -0.2) is 51.4 Å². The highest BCUT2D eigenvalue weighted by molar-refractivity contribution is 7.94. The number of aromatic nitrogens is 3. The fourth-order valence-corrected chi connectivity index (χ4v) is 5.50. The monoisotopic (exact) mass is 684 g/mol. The molecule has 0 aliphatic carbocycles. The van der Waals surface area contributed by atoms with Gasteiger partial charge in [0.1, 0.15) is 5.69 Å². The molecule has 0 atom stereocenters. The average molecular weight is 685 g/mol. The van der Waals surface area contributed by atoms with E-state index in [4.69, 9.17) is 31.6 Å². The molecule has 1 heterocycles. The molecule has 1 aromatic heterocycles. The molecule has 0 saturated carbocycles. The molecule has 0 bridgehead atoms. The van der Waals surface area contributed by atoms with Crippen LogP contribution >= 0.6 is 36.0 Å². The minimum absolute atomic E-state index is 0.0101. The van der Waals surface area contributed by atoms with Crippen LogP contribution in [0.5, 0.6) is 5.75 Å². The molecule has 0 aliphatic rings. The highest BCUT2D eigenvalue weighted by Gasteiger charge is 2.17. The Morgan fingerprint density at radius 2 is 1.75 bits per heavy atom. The highest BCUT2D eigenvalue weighted by Crippen LogP contribution is 2.44. The van der Waals surface area contributed by atoms with Crippen molar-refractivity contribution in [2.75, 3.05) is 23.0 Å². The van der Waals surface area contributed by atoms with E-state index in [9.17, 15) is 13.5 Å². The molecule has 5 N–H and O–H groups in total. The summed E-state index contributed by atoms with van der Waals surface area (Å²) in [6.07, 6.45) is 1.68. The molecule has 0 radical (unpaired) electrons. The third-order valence-electron chi connectivity index (χ3n) is 5.24. The second-order valence-electron chi connectivity index (χ2n) is 7.89. The van der Waals surface area contributed by atoms with Gasteiger partial charge in [0.25, 0.3) is 0 Å². The number of fused-ring (bicyclic) bond motifs is 1. The maximum atomic E-state index is 12.5. The number of hydrogen-bond donors (Lipinski definition) is 5. The number of aromatic hydroxyl groups is 1. The lowest BCUT2D eigenvalue weighted by atomic mass is 10.1. The summed E-state index contributed by atoms with van der Waals surface area (Å²) in [5.74, 6) is -0.700. The number of nitriles is 1. The van der Waals surface area contributed by atoms with Gasteiger partial charge in [-0.1, -0.05) is 10.1 Å². The lowest BCUT2D eigenvalue weighted by Crippen LogP contribution is -2.10. The standard InChI is InChI=1S/C22H17ClN8O10S3/c23-20-27-21(25-11-24)29-22(28-20)26-14-3-6-16-12(9-14)10-17(42-40-38-33)18(19(16)32)31-30-13-1-4-15(5-2-13)44(35,36)8-7-37-43-41-39-34/h1-6,9-10,32-34H,7-8H2,(H2,25,26,27,28,29). The van der Waals surface area contributed by atoms with E-state index in [2.05, 4.69) is 54.6 Å². The minimum Gasteiger partial charge on any atom is -0.505 e. The van der Waals surface area contributed by atoms with E-state index in [1.807, 2.05) is 0 Å². The summed E-state index contributed by atoms with van der Waals surface area (Å²) < 4.78 is 38.3. The van der Waals surface area contributed by atoms with Crippen LogP contribution < -0.4 is 10.6 Å². The van der Waals surface area contributed by atoms with E-state index < -0.39 is 9.84 Å². The van der Waals surface area contributed by atoms with Crippen molar-refractivity contribution in [1.29, 1.82) is 5.26 Å². The molecule has 18 nitrogen and oxygen atoms in total. The van der Waals surface area contributed by atoms with Gasteiger partial charge in [0, 0.05) is 11.1 Å². The highest BCUT2D eigenvalue weighted by atomic mass is 35.5. The molecule has 3 aromatic carbocycles. The number of nitrogens with one attached hydrogen (secondary N) is 2. The first-order valence-corrected chi connectivity index (χ1v) is 15.0. The Bertz CT molecular complexity index is 1800. The van der Waals surface area contributed by atoms with Crippen LogP contribution in [0.2, 0.25) is 5.28 Å². The van der Waals surface area contributed by atoms with Crippen LogP contribution in [0, 0.1) is 11.5 Å². The van der Waals surface area contributed by atoms with Crippen molar-refractivity contribution >= 4 is 85.5 Å². The Labute approximate surface area is 260 Å². The predicted molar refractivity (Wildman–Crippen MR) is 155 cm³/mol. The molecule has 44 heavy (non-hydrogen) atoms. The summed E-state index contributed by atoms with van der Waals surface area (Å²) in [5, 5.41) is 57.6. The van der Waals surface area contributed by atoms with Gasteiger partial charge in [-0.05, 0) is 65.5 Å². The van der Waals surface area contributed by atoms with E-state index in [1.165, 1.54) is 24.3 Å². The molecule has 0 saturated heterocycles. The van der Waals surface area contributed by atoms with Crippen LogP contribution in [0.25, 0.3) is 10.8 Å². The maximum absolute atomic E-state index is 12.5. The van der Waals surface area contributed by atoms with Gasteiger partial charge in [0.2, 0.25) is 17.2 Å². The smallest absolute Gasteiger partial charge is 0.242 e. The first-order valence-electron chi connectivity index (χ1n) is 11.5. The lowest BCUT2D eigenvalue weighted by molar-refractivity contribution is -0.434. The van der Waals surface area contributed by atoms with E-state index >= 15 is 0 Å². The zero-order valence-corrected chi connectivity index (χ0v) is 24.7. The number of phenolic OH excluding ortho intramolecular Hbond substituents is 1. The molecule has 0 aliphatic heterocycles. The van der Waals surface area contributed by atoms with Crippen LogP contribution in [0.1, 0.15) is 0 Å². The summed E-state index contributed by atoms with van der Waals surface area (Å²) in [4.78, 5) is 11.9. The summed E-state index contributed by atoms with van der Waals surface area (Å²) in [6.45, 7) is -0.247. The number of nitrogens with zero attached hydrogens (tertiary/aromatic N) is 6. The van der Waals surface area contributed by atoms with E-state index in [0.29, 0.717) is 28.5 Å². The zero-order valence-electron chi connectivity index (χ0n) is 21.5. The number of rotatable bonds is 15. The maximum Gasteiger partial charge on any atom is 0.242 e. The summed E-state index contributed by atoms with van der Waals surface area (Å²) >= 11 is 6.68. The van der Waals surface area contributed by atoms with Gasteiger partial charge in [-0.15, -0.1) is 13.8 Å². The first-order chi connectivity index (χ1) is 21.2. The molecule has 22 heteroatoms. The van der Waals surface area contributed by atoms with Gasteiger partial charge >= 0.3 is 0 Å². The van der Waals surface area contributed by atoms with Gasteiger partial charge in [-0.3, -0.25) is 9.50 Å².